The summed E-state index contributed by atoms with van der Waals surface area (Å²) in [7, 11) is 1.77. The molecule has 1 aromatic heterocycles. The quantitative estimate of drug-likeness (QED) is 0.798. The smallest absolute Gasteiger partial charge is 0.269 e. The molecule has 5 heteroatoms. The molecule has 0 bridgehead atoms. The molecular weight excluding hydrogens is 216 g/mol. The van der Waals surface area contributed by atoms with E-state index in [4.69, 9.17) is 5.73 Å². The monoisotopic (exact) mass is 238 g/mol. The number of aryl methyl sites for hydroxylation is 2. The fourth-order valence-corrected chi connectivity index (χ4v) is 1.71. The Kier molecular flexibility index (Phi) is 4.28. The topological polar surface area (TPSA) is 72.9 Å². The van der Waals surface area contributed by atoms with Crippen molar-refractivity contribution in [2.75, 3.05) is 13.1 Å². The number of hydrogen-bond donors (Lipinski definition) is 2. The summed E-state index contributed by atoms with van der Waals surface area (Å²) in [5.41, 5.74) is 6.99. The van der Waals surface area contributed by atoms with Crippen LogP contribution in [0.2, 0.25) is 0 Å². The molecule has 0 spiro atoms. The zero-order valence-corrected chi connectivity index (χ0v) is 11.1. The van der Waals surface area contributed by atoms with E-state index in [1.165, 1.54) is 0 Å². The van der Waals surface area contributed by atoms with Crippen LogP contribution in [0.4, 0.5) is 0 Å². The van der Waals surface area contributed by atoms with Crippen LogP contribution in [0.3, 0.4) is 0 Å². The number of aromatic nitrogens is 2. The third kappa shape index (κ3) is 3.85. The fourth-order valence-electron chi connectivity index (χ4n) is 1.71. The summed E-state index contributed by atoms with van der Waals surface area (Å²) >= 11 is 0. The highest BCUT2D eigenvalue weighted by Crippen LogP contribution is 2.17. The molecule has 1 heterocycles. The molecule has 0 aliphatic rings. The van der Waals surface area contributed by atoms with Crippen molar-refractivity contribution in [1.82, 2.24) is 15.1 Å². The Morgan fingerprint density at radius 2 is 2.24 bits per heavy atom. The van der Waals surface area contributed by atoms with Gasteiger partial charge in [-0.2, -0.15) is 5.10 Å². The SMILES string of the molecule is Cc1cc(C(=O)NCC(C)(C)CCN)n(C)n1. The number of carbonyl (C=O) groups excluding carboxylic acids is 1. The molecule has 0 saturated carbocycles. The zero-order chi connectivity index (χ0) is 13.1. The van der Waals surface area contributed by atoms with Crippen LogP contribution >= 0.6 is 0 Å². The van der Waals surface area contributed by atoms with Gasteiger partial charge in [0.05, 0.1) is 5.69 Å². The van der Waals surface area contributed by atoms with E-state index in [2.05, 4.69) is 24.3 Å². The molecule has 1 rings (SSSR count). The average molecular weight is 238 g/mol. The van der Waals surface area contributed by atoms with Gasteiger partial charge in [-0.25, -0.2) is 0 Å². The maximum absolute atomic E-state index is 11.9. The molecule has 0 aromatic carbocycles. The molecule has 0 unspecified atom stereocenters. The standard InChI is InChI=1S/C12H22N4O/c1-9-7-10(16(4)15-9)11(17)14-8-12(2,3)5-6-13/h7H,5-6,8,13H2,1-4H3,(H,14,17). The minimum atomic E-state index is -0.0850. The molecule has 5 nitrogen and oxygen atoms in total. The number of hydrogen-bond acceptors (Lipinski definition) is 3. The highest BCUT2D eigenvalue weighted by molar-refractivity contribution is 5.92. The predicted molar refractivity (Wildman–Crippen MR) is 67.7 cm³/mol. The number of nitrogens with zero attached hydrogens (tertiary/aromatic N) is 2. The zero-order valence-electron chi connectivity index (χ0n) is 11.1. The second-order valence-corrected chi connectivity index (χ2v) is 5.18. The molecule has 1 aromatic rings. The summed E-state index contributed by atoms with van der Waals surface area (Å²) in [6, 6.07) is 1.78. The van der Waals surface area contributed by atoms with Crippen LogP contribution in [0.25, 0.3) is 0 Å². The van der Waals surface area contributed by atoms with E-state index in [-0.39, 0.29) is 11.3 Å². The lowest BCUT2D eigenvalue weighted by Gasteiger charge is -2.24. The van der Waals surface area contributed by atoms with Crippen molar-refractivity contribution >= 4 is 5.91 Å². The minimum Gasteiger partial charge on any atom is -0.350 e. The molecule has 0 aliphatic heterocycles. The predicted octanol–water partition coefficient (Wildman–Crippen LogP) is 0.833. The first kappa shape index (κ1) is 13.7. The molecule has 0 radical (unpaired) electrons. The Bertz CT molecular complexity index is 395. The van der Waals surface area contributed by atoms with Crippen molar-refractivity contribution in [3.8, 4) is 0 Å². The van der Waals surface area contributed by atoms with Gasteiger partial charge in [0, 0.05) is 13.6 Å². The molecule has 0 aliphatic carbocycles. The summed E-state index contributed by atoms with van der Waals surface area (Å²) < 4.78 is 1.60. The Labute approximate surface area is 102 Å². The van der Waals surface area contributed by atoms with Crippen molar-refractivity contribution in [2.24, 2.45) is 18.2 Å². The number of nitrogens with two attached hydrogens (primary N) is 1. The lowest BCUT2D eigenvalue weighted by Crippen LogP contribution is -2.36. The van der Waals surface area contributed by atoms with Crippen LogP contribution in [0.15, 0.2) is 6.07 Å². The number of rotatable bonds is 5. The largest absolute Gasteiger partial charge is 0.350 e. The Morgan fingerprint density at radius 1 is 1.59 bits per heavy atom. The number of carbonyl (C=O) groups is 1. The first-order chi connectivity index (χ1) is 7.85. The van der Waals surface area contributed by atoms with Crippen molar-refractivity contribution in [1.29, 1.82) is 0 Å². The minimum absolute atomic E-state index is 0.0258. The number of amides is 1. The van der Waals surface area contributed by atoms with Gasteiger partial charge in [0.1, 0.15) is 5.69 Å². The summed E-state index contributed by atoms with van der Waals surface area (Å²) in [4.78, 5) is 11.9. The molecule has 1 amide bonds. The molecule has 17 heavy (non-hydrogen) atoms. The molecule has 0 atom stereocenters. The third-order valence-corrected chi connectivity index (χ3v) is 2.78. The van der Waals surface area contributed by atoms with Crippen molar-refractivity contribution in [3.05, 3.63) is 17.5 Å². The third-order valence-electron chi connectivity index (χ3n) is 2.78. The van der Waals surface area contributed by atoms with Gasteiger partial charge >= 0.3 is 0 Å². The van der Waals surface area contributed by atoms with Crippen LogP contribution in [-0.4, -0.2) is 28.8 Å². The number of nitrogens with one attached hydrogen (secondary N) is 1. The first-order valence-corrected chi connectivity index (χ1v) is 5.84. The van der Waals surface area contributed by atoms with Crippen molar-refractivity contribution in [2.45, 2.75) is 27.2 Å². The fraction of sp³-hybridized carbons (Fsp3) is 0.667. The van der Waals surface area contributed by atoms with Gasteiger partial charge in [-0.3, -0.25) is 9.48 Å². The highest BCUT2D eigenvalue weighted by atomic mass is 16.2. The van der Waals surface area contributed by atoms with Crippen LogP contribution < -0.4 is 11.1 Å². The normalized spacial score (nSPS) is 11.6. The van der Waals surface area contributed by atoms with Gasteiger partial charge in [-0.1, -0.05) is 13.8 Å². The van der Waals surface area contributed by atoms with Crippen LogP contribution in [0.1, 0.15) is 36.5 Å². The van der Waals surface area contributed by atoms with E-state index in [0.29, 0.717) is 18.8 Å². The van der Waals surface area contributed by atoms with E-state index < -0.39 is 0 Å². The van der Waals surface area contributed by atoms with Crippen molar-refractivity contribution < 1.29 is 4.79 Å². The van der Waals surface area contributed by atoms with Gasteiger partial charge in [-0.05, 0) is 31.4 Å². The summed E-state index contributed by atoms with van der Waals surface area (Å²) in [5, 5.41) is 7.07. The van der Waals surface area contributed by atoms with Crippen molar-refractivity contribution in [3.63, 3.8) is 0 Å². The Morgan fingerprint density at radius 3 is 2.71 bits per heavy atom. The average Bonchev–Trinajstić information content (AvgIpc) is 2.54. The van der Waals surface area contributed by atoms with E-state index >= 15 is 0 Å². The van der Waals surface area contributed by atoms with Crippen LogP contribution in [0.5, 0.6) is 0 Å². The molecule has 0 fully saturated rings. The second-order valence-electron chi connectivity index (χ2n) is 5.18. The lowest BCUT2D eigenvalue weighted by atomic mass is 9.89. The second kappa shape index (κ2) is 5.31. The van der Waals surface area contributed by atoms with E-state index in [9.17, 15) is 4.79 Å². The summed E-state index contributed by atoms with van der Waals surface area (Å²) in [6.07, 6.45) is 0.887. The molecule has 3 N–H and O–H groups in total. The van der Waals surface area contributed by atoms with Crippen LogP contribution in [0, 0.1) is 12.3 Å². The summed E-state index contributed by atoms with van der Waals surface area (Å²) in [6.45, 7) is 7.30. The van der Waals surface area contributed by atoms with Gasteiger partial charge in [0.25, 0.3) is 5.91 Å². The maximum Gasteiger partial charge on any atom is 0.269 e. The Hall–Kier alpha value is -1.36. The molecular formula is C12H22N4O. The van der Waals surface area contributed by atoms with Gasteiger partial charge in [0.2, 0.25) is 0 Å². The molecule has 0 saturated heterocycles. The maximum atomic E-state index is 11.9. The van der Waals surface area contributed by atoms with Gasteiger partial charge in [0.15, 0.2) is 0 Å². The van der Waals surface area contributed by atoms with E-state index in [0.717, 1.165) is 12.1 Å². The Balaban J connectivity index is 2.59. The lowest BCUT2D eigenvalue weighted by molar-refractivity contribution is 0.0925. The highest BCUT2D eigenvalue weighted by Gasteiger charge is 2.19. The summed E-state index contributed by atoms with van der Waals surface area (Å²) in [5.74, 6) is -0.0850. The van der Waals surface area contributed by atoms with Crippen LogP contribution in [-0.2, 0) is 7.05 Å². The van der Waals surface area contributed by atoms with E-state index in [1.54, 1.807) is 17.8 Å². The molecule has 96 valence electrons. The van der Waals surface area contributed by atoms with Gasteiger partial charge in [-0.15, -0.1) is 0 Å². The van der Waals surface area contributed by atoms with E-state index in [1.807, 2.05) is 6.92 Å². The van der Waals surface area contributed by atoms with Gasteiger partial charge < -0.3 is 11.1 Å². The first-order valence-electron chi connectivity index (χ1n) is 5.84.